The maximum absolute atomic E-state index is 11.9. The monoisotopic (exact) mass is 298 g/mol. The Labute approximate surface area is 125 Å². The zero-order chi connectivity index (χ0) is 15.3. The summed E-state index contributed by atoms with van der Waals surface area (Å²) < 4.78 is 5.58. The summed E-state index contributed by atoms with van der Waals surface area (Å²) in [6, 6.07) is -0.190. The molecule has 6 heteroatoms. The van der Waals surface area contributed by atoms with Crippen LogP contribution in [0.2, 0.25) is 0 Å². The van der Waals surface area contributed by atoms with Crippen LogP contribution in [0.15, 0.2) is 0 Å². The molecule has 6 nitrogen and oxygen atoms in total. The van der Waals surface area contributed by atoms with Gasteiger partial charge in [-0.2, -0.15) is 0 Å². The number of nitrogens with one attached hydrogen (secondary N) is 1. The van der Waals surface area contributed by atoms with E-state index in [1.165, 1.54) is 25.7 Å². The minimum atomic E-state index is -0.835. The molecular formula is C15H26N2O4. The smallest absolute Gasteiger partial charge is 0.317 e. The van der Waals surface area contributed by atoms with Crippen molar-refractivity contribution in [1.29, 1.82) is 0 Å². The van der Waals surface area contributed by atoms with E-state index in [0.717, 1.165) is 6.61 Å². The van der Waals surface area contributed by atoms with Crippen LogP contribution in [-0.2, 0) is 9.53 Å². The van der Waals surface area contributed by atoms with Gasteiger partial charge in [0.05, 0.1) is 12.0 Å². The van der Waals surface area contributed by atoms with Crippen LogP contribution in [0.3, 0.4) is 0 Å². The van der Waals surface area contributed by atoms with Gasteiger partial charge in [-0.25, -0.2) is 4.79 Å². The third-order valence-corrected chi connectivity index (χ3v) is 4.63. The van der Waals surface area contributed by atoms with E-state index in [0.29, 0.717) is 32.0 Å². The van der Waals surface area contributed by atoms with E-state index in [-0.39, 0.29) is 12.6 Å². The maximum Gasteiger partial charge on any atom is 0.317 e. The van der Waals surface area contributed by atoms with Crippen molar-refractivity contribution in [3.63, 3.8) is 0 Å². The van der Waals surface area contributed by atoms with Crippen LogP contribution < -0.4 is 5.32 Å². The summed E-state index contributed by atoms with van der Waals surface area (Å²) in [6.07, 6.45) is 5.64. The maximum atomic E-state index is 11.9. The highest BCUT2D eigenvalue weighted by molar-refractivity contribution is 5.79. The number of rotatable bonds is 6. The molecule has 21 heavy (non-hydrogen) atoms. The fraction of sp³-hybridized carbons (Fsp3) is 0.867. The molecule has 2 aliphatic rings. The molecule has 0 aromatic carbocycles. The lowest BCUT2D eigenvalue weighted by Crippen LogP contribution is -2.42. The Hall–Kier alpha value is -1.30. The number of hydrogen-bond donors (Lipinski definition) is 2. The summed E-state index contributed by atoms with van der Waals surface area (Å²) in [4.78, 5) is 24.7. The van der Waals surface area contributed by atoms with E-state index in [1.807, 2.05) is 0 Å². The van der Waals surface area contributed by atoms with E-state index in [9.17, 15) is 9.59 Å². The molecule has 0 radical (unpaired) electrons. The summed E-state index contributed by atoms with van der Waals surface area (Å²) in [5.41, 5.74) is -0.809. The van der Waals surface area contributed by atoms with Crippen LogP contribution in [0.4, 0.5) is 4.79 Å². The van der Waals surface area contributed by atoms with Gasteiger partial charge in [-0.1, -0.05) is 12.8 Å². The van der Waals surface area contributed by atoms with Crippen LogP contribution in [-0.4, -0.2) is 54.9 Å². The number of carboxylic acid groups (broad SMARTS) is 1. The Morgan fingerprint density at radius 2 is 2.10 bits per heavy atom. The molecule has 0 spiro atoms. The van der Waals surface area contributed by atoms with Gasteiger partial charge in [-0.3, -0.25) is 4.79 Å². The third kappa shape index (κ3) is 4.33. The number of likely N-dealkylation sites (tertiary alicyclic amines) is 1. The lowest BCUT2D eigenvalue weighted by molar-refractivity contribution is -0.147. The molecule has 1 saturated heterocycles. The van der Waals surface area contributed by atoms with E-state index in [4.69, 9.17) is 9.84 Å². The van der Waals surface area contributed by atoms with Crippen LogP contribution in [0.5, 0.6) is 0 Å². The lowest BCUT2D eigenvalue weighted by Gasteiger charge is -2.20. The van der Waals surface area contributed by atoms with Crippen molar-refractivity contribution in [3.8, 4) is 0 Å². The molecule has 1 unspecified atom stereocenters. The predicted molar refractivity (Wildman–Crippen MR) is 78.1 cm³/mol. The Balaban J connectivity index is 1.58. The fourth-order valence-corrected chi connectivity index (χ4v) is 3.08. The topological polar surface area (TPSA) is 78.9 Å². The van der Waals surface area contributed by atoms with Crippen molar-refractivity contribution in [3.05, 3.63) is 0 Å². The van der Waals surface area contributed by atoms with E-state index in [1.54, 1.807) is 11.8 Å². The van der Waals surface area contributed by atoms with Crippen molar-refractivity contribution in [1.82, 2.24) is 10.2 Å². The number of amides is 2. The number of carbonyl (C=O) groups excluding carboxylic acids is 1. The number of carbonyl (C=O) groups is 2. The van der Waals surface area contributed by atoms with E-state index < -0.39 is 11.4 Å². The zero-order valence-corrected chi connectivity index (χ0v) is 12.8. The highest BCUT2D eigenvalue weighted by Gasteiger charge is 2.42. The van der Waals surface area contributed by atoms with Gasteiger partial charge in [0.25, 0.3) is 0 Å². The van der Waals surface area contributed by atoms with Gasteiger partial charge in [0.2, 0.25) is 0 Å². The average molecular weight is 298 g/mol. The number of hydrogen-bond acceptors (Lipinski definition) is 3. The molecule has 1 saturated carbocycles. The zero-order valence-electron chi connectivity index (χ0n) is 12.8. The first-order valence-electron chi connectivity index (χ1n) is 7.85. The van der Waals surface area contributed by atoms with Gasteiger partial charge in [0.15, 0.2) is 0 Å². The molecule has 120 valence electrons. The molecule has 1 heterocycles. The van der Waals surface area contributed by atoms with Gasteiger partial charge >= 0.3 is 12.0 Å². The number of urea groups is 1. The van der Waals surface area contributed by atoms with E-state index >= 15 is 0 Å². The molecule has 2 N–H and O–H groups in total. The second kappa shape index (κ2) is 7.11. The Morgan fingerprint density at radius 3 is 2.71 bits per heavy atom. The molecule has 1 atom stereocenters. The number of nitrogens with zero attached hydrogens (tertiary/aromatic N) is 1. The normalized spacial score (nSPS) is 26.2. The van der Waals surface area contributed by atoms with Gasteiger partial charge < -0.3 is 20.1 Å². The minimum Gasteiger partial charge on any atom is -0.481 e. The molecule has 2 fully saturated rings. The number of aliphatic carboxylic acids is 1. The summed E-state index contributed by atoms with van der Waals surface area (Å²) in [5, 5.41) is 11.9. The van der Waals surface area contributed by atoms with E-state index in [2.05, 4.69) is 5.32 Å². The average Bonchev–Trinajstić information content (AvgIpc) is 3.08. The second-order valence-corrected chi connectivity index (χ2v) is 6.49. The van der Waals surface area contributed by atoms with Crippen molar-refractivity contribution >= 4 is 12.0 Å². The largest absolute Gasteiger partial charge is 0.481 e. The molecule has 2 amide bonds. The molecule has 0 aromatic heterocycles. The molecular weight excluding hydrogens is 272 g/mol. The van der Waals surface area contributed by atoms with Crippen molar-refractivity contribution < 1.29 is 19.4 Å². The van der Waals surface area contributed by atoms with Gasteiger partial charge in [-0.15, -0.1) is 0 Å². The molecule has 1 aliphatic heterocycles. The Morgan fingerprint density at radius 1 is 1.38 bits per heavy atom. The first kappa shape index (κ1) is 16.1. The Kier molecular flexibility index (Phi) is 5.45. The van der Waals surface area contributed by atoms with Crippen molar-refractivity contribution in [2.24, 2.45) is 11.3 Å². The molecule has 1 aliphatic carbocycles. The lowest BCUT2D eigenvalue weighted by atomic mass is 9.90. The van der Waals surface area contributed by atoms with Crippen LogP contribution in [0.25, 0.3) is 0 Å². The Bertz CT molecular complexity index is 382. The molecule has 2 rings (SSSR count). The number of ether oxygens (including phenoxy) is 1. The summed E-state index contributed by atoms with van der Waals surface area (Å²) in [7, 11) is 0. The standard InChI is InChI=1S/C15H26N2O4/c1-15(13(18)19)6-8-17(11-15)14(20)16-7-9-21-10-12-4-2-3-5-12/h12H,2-11H2,1H3,(H,16,20)(H,18,19). The minimum absolute atomic E-state index is 0.190. The third-order valence-electron chi connectivity index (χ3n) is 4.63. The van der Waals surface area contributed by atoms with Crippen molar-refractivity contribution in [2.45, 2.75) is 39.0 Å². The summed E-state index contributed by atoms with van der Waals surface area (Å²) >= 11 is 0. The summed E-state index contributed by atoms with van der Waals surface area (Å²) in [5.74, 6) is -0.145. The number of carboxylic acids is 1. The van der Waals surface area contributed by atoms with Crippen molar-refractivity contribution in [2.75, 3.05) is 32.8 Å². The van der Waals surface area contributed by atoms with Gasteiger partial charge in [0, 0.05) is 26.2 Å². The first-order valence-corrected chi connectivity index (χ1v) is 7.85. The van der Waals surface area contributed by atoms with Gasteiger partial charge in [0.1, 0.15) is 0 Å². The van der Waals surface area contributed by atoms with Gasteiger partial charge in [-0.05, 0) is 32.1 Å². The first-order chi connectivity index (χ1) is 10.0. The molecule has 0 aromatic rings. The highest BCUT2D eigenvalue weighted by Crippen LogP contribution is 2.29. The molecule has 0 bridgehead atoms. The fourth-order valence-electron chi connectivity index (χ4n) is 3.08. The SMILES string of the molecule is CC1(C(=O)O)CCN(C(=O)NCCOCC2CCCC2)C1. The predicted octanol–water partition coefficient (Wildman–Crippen LogP) is 1.70. The second-order valence-electron chi connectivity index (χ2n) is 6.49. The van der Waals surface area contributed by atoms with Crippen LogP contribution in [0, 0.1) is 11.3 Å². The quantitative estimate of drug-likeness (QED) is 0.732. The van der Waals surface area contributed by atoms with Crippen LogP contribution >= 0.6 is 0 Å². The summed E-state index contributed by atoms with van der Waals surface area (Å²) in [6.45, 7) is 4.25. The highest BCUT2D eigenvalue weighted by atomic mass is 16.5. The van der Waals surface area contributed by atoms with Crippen LogP contribution in [0.1, 0.15) is 39.0 Å².